The van der Waals surface area contributed by atoms with Crippen molar-refractivity contribution in [2.75, 3.05) is 25.5 Å². The average Bonchev–Trinajstić information content (AvgIpc) is 2.40. The zero-order valence-corrected chi connectivity index (χ0v) is 11.8. The highest BCUT2D eigenvalue weighted by molar-refractivity contribution is 5.51. The van der Waals surface area contributed by atoms with Gasteiger partial charge < -0.3 is 10.2 Å². The summed E-state index contributed by atoms with van der Waals surface area (Å²) in [7, 11) is 2.28. The Kier molecular flexibility index (Phi) is 5.06. The third kappa shape index (κ3) is 3.49. The first-order valence-corrected chi connectivity index (χ1v) is 7.33. The minimum Gasteiger partial charge on any atom is -0.385 e. The van der Waals surface area contributed by atoms with Gasteiger partial charge in [-0.1, -0.05) is 24.6 Å². The molecule has 100 valence electrons. The van der Waals surface area contributed by atoms with E-state index in [2.05, 4.69) is 48.5 Å². The van der Waals surface area contributed by atoms with Crippen molar-refractivity contribution >= 4 is 5.69 Å². The monoisotopic (exact) mass is 246 g/mol. The van der Waals surface area contributed by atoms with Crippen LogP contribution in [0.25, 0.3) is 0 Å². The van der Waals surface area contributed by atoms with Crippen LogP contribution in [0.3, 0.4) is 0 Å². The third-order valence-corrected chi connectivity index (χ3v) is 4.05. The first-order chi connectivity index (χ1) is 8.81. The van der Waals surface area contributed by atoms with Crippen molar-refractivity contribution in [2.24, 2.45) is 0 Å². The summed E-state index contributed by atoms with van der Waals surface area (Å²) in [6.07, 6.45) is 6.64. The highest BCUT2D eigenvalue weighted by Crippen LogP contribution is 2.22. The van der Waals surface area contributed by atoms with Crippen molar-refractivity contribution < 1.29 is 0 Å². The summed E-state index contributed by atoms with van der Waals surface area (Å²) in [4.78, 5) is 2.54. The van der Waals surface area contributed by atoms with Gasteiger partial charge in [0.05, 0.1) is 0 Å². The number of hydrogen-bond acceptors (Lipinski definition) is 2. The van der Waals surface area contributed by atoms with Gasteiger partial charge >= 0.3 is 0 Å². The highest BCUT2D eigenvalue weighted by atomic mass is 15.1. The number of anilines is 1. The number of likely N-dealkylation sites (tertiary alicyclic amines) is 1. The molecule has 0 bridgehead atoms. The number of benzene rings is 1. The van der Waals surface area contributed by atoms with Crippen LogP contribution in [0.5, 0.6) is 0 Å². The summed E-state index contributed by atoms with van der Waals surface area (Å²) in [5, 5.41) is 3.46. The van der Waals surface area contributed by atoms with Crippen LogP contribution in [0.4, 0.5) is 5.69 Å². The van der Waals surface area contributed by atoms with Gasteiger partial charge in [0.25, 0.3) is 0 Å². The second-order valence-electron chi connectivity index (χ2n) is 5.36. The summed E-state index contributed by atoms with van der Waals surface area (Å²) in [5.74, 6) is 0. The maximum Gasteiger partial charge on any atom is 0.0372 e. The van der Waals surface area contributed by atoms with Crippen LogP contribution in [-0.4, -0.2) is 31.1 Å². The van der Waals surface area contributed by atoms with Gasteiger partial charge in [0.1, 0.15) is 0 Å². The van der Waals surface area contributed by atoms with E-state index in [4.69, 9.17) is 0 Å². The number of nitrogens with one attached hydrogen (secondary N) is 1. The Labute approximate surface area is 111 Å². The van der Waals surface area contributed by atoms with Gasteiger partial charge in [-0.15, -0.1) is 0 Å². The van der Waals surface area contributed by atoms with E-state index in [9.17, 15) is 0 Å². The van der Waals surface area contributed by atoms with Gasteiger partial charge in [-0.3, -0.25) is 0 Å². The van der Waals surface area contributed by atoms with Crippen LogP contribution in [0.15, 0.2) is 24.3 Å². The summed E-state index contributed by atoms with van der Waals surface area (Å²) in [6, 6.07) is 9.52. The number of aryl methyl sites for hydroxylation is 1. The molecule has 1 fully saturated rings. The lowest BCUT2D eigenvalue weighted by molar-refractivity contribution is 0.176. The molecule has 1 aliphatic rings. The lowest BCUT2D eigenvalue weighted by Crippen LogP contribution is -2.36. The van der Waals surface area contributed by atoms with E-state index in [0.717, 1.165) is 12.6 Å². The van der Waals surface area contributed by atoms with Crippen LogP contribution >= 0.6 is 0 Å². The molecule has 0 spiro atoms. The van der Waals surface area contributed by atoms with Crippen LogP contribution in [0.1, 0.15) is 38.2 Å². The summed E-state index contributed by atoms with van der Waals surface area (Å²) in [6.45, 7) is 4.44. The van der Waals surface area contributed by atoms with E-state index < -0.39 is 0 Å². The first kappa shape index (κ1) is 13.4. The van der Waals surface area contributed by atoms with E-state index in [-0.39, 0.29) is 0 Å². The topological polar surface area (TPSA) is 15.3 Å². The number of hydrogen-bond donors (Lipinski definition) is 1. The van der Waals surface area contributed by atoms with Crippen molar-refractivity contribution in [3.05, 3.63) is 29.8 Å². The van der Waals surface area contributed by atoms with E-state index in [1.807, 2.05) is 0 Å². The summed E-state index contributed by atoms with van der Waals surface area (Å²) < 4.78 is 0. The predicted molar refractivity (Wildman–Crippen MR) is 79.2 cm³/mol. The molecule has 1 aliphatic heterocycles. The second kappa shape index (κ2) is 6.79. The van der Waals surface area contributed by atoms with Crippen molar-refractivity contribution in [1.82, 2.24) is 4.90 Å². The lowest BCUT2D eigenvalue weighted by Gasteiger charge is -2.32. The molecule has 18 heavy (non-hydrogen) atoms. The molecular formula is C16H26N2. The Morgan fingerprint density at radius 2 is 2.11 bits per heavy atom. The molecular weight excluding hydrogens is 220 g/mol. The maximum atomic E-state index is 3.46. The lowest BCUT2D eigenvalue weighted by atomic mass is 9.96. The second-order valence-corrected chi connectivity index (χ2v) is 5.36. The molecule has 2 rings (SSSR count). The molecule has 2 nitrogen and oxygen atoms in total. The van der Waals surface area contributed by atoms with Gasteiger partial charge in [0, 0.05) is 18.3 Å². The Hall–Kier alpha value is -1.02. The molecule has 1 aromatic rings. The normalized spacial score (nSPS) is 20.9. The largest absolute Gasteiger partial charge is 0.385 e. The fraction of sp³-hybridized carbons (Fsp3) is 0.625. The molecule has 0 aromatic heterocycles. The summed E-state index contributed by atoms with van der Waals surface area (Å²) in [5.41, 5.74) is 2.79. The van der Waals surface area contributed by atoms with Crippen molar-refractivity contribution in [1.29, 1.82) is 0 Å². The number of piperidine rings is 1. The Morgan fingerprint density at radius 3 is 2.89 bits per heavy atom. The molecule has 2 heteroatoms. The molecule has 1 heterocycles. The van der Waals surface area contributed by atoms with Gasteiger partial charge in [-0.05, 0) is 57.8 Å². The third-order valence-electron chi connectivity index (χ3n) is 4.05. The van der Waals surface area contributed by atoms with Crippen molar-refractivity contribution in [3.63, 3.8) is 0 Å². The average molecular weight is 246 g/mol. The molecule has 0 aliphatic carbocycles. The number of rotatable bonds is 5. The van der Waals surface area contributed by atoms with Gasteiger partial charge in [0.2, 0.25) is 0 Å². The Morgan fingerprint density at radius 1 is 1.28 bits per heavy atom. The minimum atomic E-state index is 0.786. The molecule has 1 aromatic carbocycles. The van der Waals surface area contributed by atoms with E-state index in [1.54, 1.807) is 0 Å². The maximum absolute atomic E-state index is 3.46. The molecule has 0 radical (unpaired) electrons. The Balaban J connectivity index is 1.92. The number of nitrogens with zero attached hydrogens (tertiary/aromatic N) is 1. The van der Waals surface area contributed by atoms with Gasteiger partial charge in [0.15, 0.2) is 0 Å². The molecule has 1 saturated heterocycles. The van der Waals surface area contributed by atoms with Crippen molar-refractivity contribution in [3.8, 4) is 0 Å². The fourth-order valence-corrected chi connectivity index (χ4v) is 2.93. The molecule has 0 saturated carbocycles. The minimum absolute atomic E-state index is 0.786. The smallest absolute Gasteiger partial charge is 0.0372 e. The molecule has 1 N–H and O–H groups in total. The fourth-order valence-electron chi connectivity index (χ4n) is 2.93. The van der Waals surface area contributed by atoms with Crippen LogP contribution in [0, 0.1) is 0 Å². The van der Waals surface area contributed by atoms with Crippen LogP contribution in [0.2, 0.25) is 0 Å². The van der Waals surface area contributed by atoms with Crippen LogP contribution < -0.4 is 5.32 Å². The first-order valence-electron chi connectivity index (χ1n) is 7.33. The van der Waals surface area contributed by atoms with E-state index in [0.29, 0.717) is 0 Å². The zero-order chi connectivity index (χ0) is 12.8. The quantitative estimate of drug-likeness (QED) is 0.855. The van der Waals surface area contributed by atoms with E-state index >= 15 is 0 Å². The number of para-hydroxylation sites is 1. The molecule has 0 amide bonds. The zero-order valence-electron chi connectivity index (χ0n) is 11.8. The SMILES string of the molecule is CCNc1ccccc1CCC1CCCCN1C. The van der Waals surface area contributed by atoms with Gasteiger partial charge in [-0.2, -0.15) is 0 Å². The highest BCUT2D eigenvalue weighted by Gasteiger charge is 2.18. The van der Waals surface area contributed by atoms with E-state index in [1.165, 1.54) is 49.9 Å². The van der Waals surface area contributed by atoms with Gasteiger partial charge in [-0.25, -0.2) is 0 Å². The molecule has 1 unspecified atom stereocenters. The summed E-state index contributed by atoms with van der Waals surface area (Å²) >= 11 is 0. The predicted octanol–water partition coefficient (Wildman–Crippen LogP) is 3.54. The van der Waals surface area contributed by atoms with Crippen molar-refractivity contribution in [2.45, 2.75) is 45.1 Å². The standard InChI is InChI=1S/C16H26N2/c1-3-17-16-10-5-4-8-14(16)11-12-15-9-6-7-13-18(15)2/h4-5,8,10,15,17H,3,6-7,9,11-13H2,1-2H3. The molecule has 1 atom stereocenters. The van der Waals surface area contributed by atoms with Crippen LogP contribution in [-0.2, 0) is 6.42 Å². The Bertz CT molecular complexity index is 362.